The number of carbonyl (C=O) groups excluding carboxylic acids is 1. The number of benzene rings is 1. The molecule has 0 unspecified atom stereocenters. The van der Waals surface area contributed by atoms with Crippen molar-refractivity contribution >= 4 is 17.1 Å². The van der Waals surface area contributed by atoms with Crippen LogP contribution in [0.1, 0.15) is 23.6 Å². The van der Waals surface area contributed by atoms with Gasteiger partial charge in [0.1, 0.15) is 0 Å². The molecular formula is C15H19N3O4. The fourth-order valence-corrected chi connectivity index (χ4v) is 2.31. The molecule has 0 atom stereocenters. The number of aromatic amines is 2. The van der Waals surface area contributed by atoms with E-state index in [2.05, 4.69) is 9.97 Å². The Hall–Kier alpha value is -2.57. The molecule has 1 aromatic carbocycles. The number of H-pyrrole nitrogens is 2. The minimum Gasteiger partial charge on any atom is -0.450 e. The molecule has 0 aliphatic carbocycles. The fourth-order valence-electron chi connectivity index (χ4n) is 2.31. The maximum atomic E-state index is 11.8. The van der Waals surface area contributed by atoms with Gasteiger partial charge in [0.05, 0.1) is 24.2 Å². The van der Waals surface area contributed by atoms with E-state index in [0.29, 0.717) is 17.6 Å². The number of nitrogens with one attached hydrogen (secondary N) is 2. The highest BCUT2D eigenvalue weighted by Gasteiger charge is 2.16. The van der Waals surface area contributed by atoms with Crippen LogP contribution >= 0.6 is 0 Å². The largest absolute Gasteiger partial charge is 0.450 e. The molecule has 7 heteroatoms. The van der Waals surface area contributed by atoms with Gasteiger partial charge in [-0.05, 0) is 38.0 Å². The van der Waals surface area contributed by atoms with E-state index in [-0.39, 0.29) is 6.54 Å². The fraction of sp³-hybridized carbons (Fsp3) is 0.400. The van der Waals surface area contributed by atoms with Crippen molar-refractivity contribution in [2.75, 3.05) is 13.7 Å². The summed E-state index contributed by atoms with van der Waals surface area (Å²) >= 11 is 0. The zero-order valence-electron chi connectivity index (χ0n) is 13.1. The van der Waals surface area contributed by atoms with Crippen molar-refractivity contribution in [1.29, 1.82) is 0 Å². The average molecular weight is 305 g/mol. The molecule has 0 spiro atoms. The molecule has 1 aromatic heterocycles. The van der Waals surface area contributed by atoms with Crippen LogP contribution in [0.15, 0.2) is 15.7 Å². The SMILES string of the molecule is CCOC(=O)N(C)Cc1c(C)c(C)cc2[nH]c(=O)c(=O)[nH]c12. The van der Waals surface area contributed by atoms with E-state index in [0.717, 1.165) is 16.7 Å². The lowest BCUT2D eigenvalue weighted by Crippen LogP contribution is -2.31. The first kappa shape index (κ1) is 15.8. The summed E-state index contributed by atoms with van der Waals surface area (Å²) in [6.07, 6.45) is -0.441. The van der Waals surface area contributed by atoms with Gasteiger partial charge in [0.15, 0.2) is 0 Å². The molecule has 2 aromatic rings. The van der Waals surface area contributed by atoms with Gasteiger partial charge in [-0.1, -0.05) is 0 Å². The molecule has 0 saturated carbocycles. The van der Waals surface area contributed by atoms with Crippen LogP contribution in [0, 0.1) is 13.8 Å². The van der Waals surface area contributed by atoms with Crippen LogP contribution in [-0.4, -0.2) is 34.6 Å². The van der Waals surface area contributed by atoms with E-state index < -0.39 is 17.2 Å². The molecule has 0 bridgehead atoms. The zero-order chi connectivity index (χ0) is 16.4. The zero-order valence-corrected chi connectivity index (χ0v) is 13.1. The standard InChI is InChI=1S/C15H19N3O4/c1-5-22-15(21)18(4)7-10-9(3)8(2)6-11-12(10)17-14(20)13(19)16-11/h6H,5,7H2,1-4H3,(H,16,19)(H,17,20). The van der Waals surface area contributed by atoms with Crippen molar-refractivity contribution in [2.24, 2.45) is 0 Å². The van der Waals surface area contributed by atoms with Crippen LogP contribution in [0.5, 0.6) is 0 Å². The van der Waals surface area contributed by atoms with E-state index >= 15 is 0 Å². The molecular weight excluding hydrogens is 286 g/mol. The molecule has 2 rings (SSSR count). The molecule has 0 fully saturated rings. The molecule has 22 heavy (non-hydrogen) atoms. The summed E-state index contributed by atoms with van der Waals surface area (Å²) in [4.78, 5) is 41.4. The van der Waals surface area contributed by atoms with E-state index in [1.807, 2.05) is 13.8 Å². The monoisotopic (exact) mass is 305 g/mol. The van der Waals surface area contributed by atoms with Gasteiger partial charge in [0.25, 0.3) is 0 Å². The number of amides is 1. The van der Waals surface area contributed by atoms with Crippen LogP contribution in [0.2, 0.25) is 0 Å². The maximum absolute atomic E-state index is 11.8. The van der Waals surface area contributed by atoms with Gasteiger partial charge in [-0.15, -0.1) is 0 Å². The average Bonchev–Trinajstić information content (AvgIpc) is 2.46. The van der Waals surface area contributed by atoms with Crippen LogP contribution in [0.3, 0.4) is 0 Å². The number of hydrogen-bond donors (Lipinski definition) is 2. The predicted molar refractivity (Wildman–Crippen MR) is 83.2 cm³/mol. The van der Waals surface area contributed by atoms with Gasteiger partial charge in [0.2, 0.25) is 0 Å². The third-order valence-corrected chi connectivity index (χ3v) is 3.64. The summed E-state index contributed by atoms with van der Waals surface area (Å²) in [5.74, 6) is 0. The number of nitrogens with zero attached hydrogens (tertiary/aromatic N) is 1. The quantitative estimate of drug-likeness (QED) is 0.838. The summed E-state index contributed by atoms with van der Waals surface area (Å²) in [5, 5.41) is 0. The second-order valence-electron chi connectivity index (χ2n) is 5.18. The summed E-state index contributed by atoms with van der Waals surface area (Å²) in [7, 11) is 1.62. The Morgan fingerprint density at radius 3 is 2.50 bits per heavy atom. The van der Waals surface area contributed by atoms with Gasteiger partial charge < -0.3 is 19.6 Å². The summed E-state index contributed by atoms with van der Waals surface area (Å²) < 4.78 is 4.96. The number of aromatic nitrogens is 2. The Morgan fingerprint density at radius 2 is 1.86 bits per heavy atom. The Bertz CT molecular complexity index is 835. The van der Waals surface area contributed by atoms with E-state index in [4.69, 9.17) is 4.74 Å². The number of carbonyl (C=O) groups is 1. The topological polar surface area (TPSA) is 95.3 Å². The van der Waals surface area contributed by atoms with Gasteiger partial charge in [0, 0.05) is 12.6 Å². The van der Waals surface area contributed by atoms with Crippen molar-refractivity contribution in [3.8, 4) is 0 Å². The molecule has 118 valence electrons. The Kier molecular flexibility index (Phi) is 4.35. The summed E-state index contributed by atoms with van der Waals surface area (Å²) in [6, 6.07) is 1.80. The van der Waals surface area contributed by atoms with Crippen molar-refractivity contribution < 1.29 is 9.53 Å². The van der Waals surface area contributed by atoms with Crippen LogP contribution in [0.4, 0.5) is 4.79 Å². The molecule has 1 amide bonds. The smallest absolute Gasteiger partial charge is 0.409 e. The van der Waals surface area contributed by atoms with E-state index in [9.17, 15) is 14.4 Å². The lowest BCUT2D eigenvalue weighted by molar-refractivity contribution is 0.114. The van der Waals surface area contributed by atoms with Gasteiger partial charge in [-0.25, -0.2) is 4.79 Å². The summed E-state index contributed by atoms with van der Waals surface area (Å²) in [6.45, 7) is 6.12. The number of rotatable bonds is 3. The van der Waals surface area contributed by atoms with Gasteiger partial charge >= 0.3 is 17.2 Å². The first-order valence-corrected chi connectivity index (χ1v) is 6.98. The van der Waals surface area contributed by atoms with Gasteiger partial charge in [-0.2, -0.15) is 0 Å². The predicted octanol–water partition coefficient (Wildman–Crippen LogP) is 1.42. The number of aryl methyl sites for hydroxylation is 1. The van der Waals surface area contributed by atoms with Crippen LogP contribution < -0.4 is 11.1 Å². The van der Waals surface area contributed by atoms with Crippen molar-refractivity contribution in [3.05, 3.63) is 43.5 Å². The lowest BCUT2D eigenvalue weighted by Gasteiger charge is -2.20. The maximum Gasteiger partial charge on any atom is 0.409 e. The molecule has 0 saturated heterocycles. The third-order valence-electron chi connectivity index (χ3n) is 3.64. The second-order valence-corrected chi connectivity index (χ2v) is 5.18. The molecule has 7 nitrogen and oxygen atoms in total. The van der Waals surface area contributed by atoms with E-state index in [1.165, 1.54) is 4.90 Å². The number of fused-ring (bicyclic) bond motifs is 1. The minimum atomic E-state index is -0.712. The Morgan fingerprint density at radius 1 is 1.23 bits per heavy atom. The van der Waals surface area contributed by atoms with E-state index in [1.54, 1.807) is 20.0 Å². The Balaban J connectivity index is 2.58. The minimum absolute atomic E-state index is 0.269. The molecule has 0 radical (unpaired) electrons. The number of hydrogen-bond acceptors (Lipinski definition) is 4. The third kappa shape index (κ3) is 2.88. The lowest BCUT2D eigenvalue weighted by atomic mass is 10.0. The van der Waals surface area contributed by atoms with Crippen molar-refractivity contribution in [3.63, 3.8) is 0 Å². The Labute approximate surface area is 126 Å². The second kappa shape index (κ2) is 6.05. The first-order valence-electron chi connectivity index (χ1n) is 6.98. The highest BCUT2D eigenvalue weighted by Crippen LogP contribution is 2.22. The highest BCUT2D eigenvalue weighted by molar-refractivity contribution is 5.80. The van der Waals surface area contributed by atoms with Crippen molar-refractivity contribution in [1.82, 2.24) is 14.9 Å². The first-order chi connectivity index (χ1) is 10.3. The molecule has 0 aliphatic rings. The number of ether oxygens (including phenoxy) is 1. The van der Waals surface area contributed by atoms with Gasteiger partial charge in [-0.3, -0.25) is 9.59 Å². The highest BCUT2D eigenvalue weighted by atomic mass is 16.5. The molecule has 2 N–H and O–H groups in total. The van der Waals surface area contributed by atoms with Crippen LogP contribution in [-0.2, 0) is 11.3 Å². The van der Waals surface area contributed by atoms with Crippen molar-refractivity contribution in [2.45, 2.75) is 27.3 Å². The molecule has 0 aliphatic heterocycles. The normalized spacial score (nSPS) is 10.7. The van der Waals surface area contributed by atoms with Crippen LogP contribution in [0.25, 0.3) is 11.0 Å². The molecule has 1 heterocycles. The summed E-state index contributed by atoms with van der Waals surface area (Å²) in [5.41, 5.74) is 2.35.